The normalized spacial score (nSPS) is 38.3. The molecule has 1 heterocycles. The van der Waals surface area contributed by atoms with Crippen LogP contribution < -0.4 is 0 Å². The quantitative estimate of drug-likeness (QED) is 0.451. The molecule has 0 bridgehead atoms. The zero-order chi connectivity index (χ0) is 12.8. The van der Waals surface area contributed by atoms with Crippen LogP contribution >= 0.6 is 0 Å². The molecule has 17 heavy (non-hydrogen) atoms. The van der Waals surface area contributed by atoms with E-state index in [1.165, 1.54) is 0 Å². The molecule has 1 fully saturated rings. The summed E-state index contributed by atoms with van der Waals surface area (Å²) in [5.41, 5.74) is 0. The summed E-state index contributed by atoms with van der Waals surface area (Å²) in [5, 5.41) is 37.6. The first-order chi connectivity index (χ1) is 8.11. The van der Waals surface area contributed by atoms with Gasteiger partial charge in [-0.1, -0.05) is 19.8 Å². The Morgan fingerprint density at radius 2 is 1.76 bits per heavy atom. The number of unbranched alkanes of at least 4 members (excludes halogenated alkanes) is 2. The molecule has 4 N–H and O–H groups in total. The van der Waals surface area contributed by atoms with E-state index in [4.69, 9.17) is 14.6 Å². The van der Waals surface area contributed by atoms with Gasteiger partial charge in [-0.05, 0) is 6.42 Å². The minimum absolute atomic E-state index is 0.413. The topological polar surface area (TPSA) is 99.4 Å². The van der Waals surface area contributed by atoms with Crippen molar-refractivity contribution in [2.45, 2.75) is 56.9 Å². The lowest BCUT2D eigenvalue weighted by Crippen LogP contribution is -2.59. The maximum absolute atomic E-state index is 9.64. The lowest BCUT2D eigenvalue weighted by atomic mass is 9.99. The third-order valence-corrected chi connectivity index (χ3v) is 2.88. The van der Waals surface area contributed by atoms with Crippen molar-refractivity contribution in [3.05, 3.63) is 0 Å². The molecular formula is C11H22O6. The largest absolute Gasteiger partial charge is 0.394 e. The van der Waals surface area contributed by atoms with Gasteiger partial charge >= 0.3 is 0 Å². The van der Waals surface area contributed by atoms with E-state index >= 15 is 0 Å². The summed E-state index contributed by atoms with van der Waals surface area (Å²) in [6, 6.07) is 0. The van der Waals surface area contributed by atoms with E-state index in [1.54, 1.807) is 0 Å². The molecule has 1 aliphatic rings. The molecule has 0 aromatic carbocycles. The predicted molar refractivity (Wildman–Crippen MR) is 59.2 cm³/mol. The van der Waals surface area contributed by atoms with Crippen LogP contribution in [0.15, 0.2) is 0 Å². The van der Waals surface area contributed by atoms with Crippen molar-refractivity contribution in [1.29, 1.82) is 0 Å². The van der Waals surface area contributed by atoms with E-state index in [1.807, 2.05) is 0 Å². The Morgan fingerprint density at radius 3 is 2.35 bits per heavy atom. The van der Waals surface area contributed by atoms with Gasteiger partial charge in [0.25, 0.3) is 0 Å². The molecule has 102 valence electrons. The maximum Gasteiger partial charge on any atom is 0.186 e. The fourth-order valence-corrected chi connectivity index (χ4v) is 1.76. The van der Waals surface area contributed by atoms with Gasteiger partial charge in [-0.3, -0.25) is 0 Å². The molecule has 5 atom stereocenters. The highest BCUT2D eigenvalue weighted by Gasteiger charge is 2.43. The second-order valence-corrected chi connectivity index (χ2v) is 4.28. The average Bonchev–Trinajstić information content (AvgIpc) is 2.34. The number of hydrogen-bond donors (Lipinski definition) is 4. The Hall–Kier alpha value is -0.240. The van der Waals surface area contributed by atoms with Crippen molar-refractivity contribution in [2.24, 2.45) is 0 Å². The molecule has 0 saturated carbocycles. The minimum atomic E-state index is -1.36. The van der Waals surface area contributed by atoms with E-state index in [9.17, 15) is 15.3 Å². The smallest absolute Gasteiger partial charge is 0.186 e. The summed E-state index contributed by atoms with van der Waals surface area (Å²) in [4.78, 5) is 0. The molecule has 0 radical (unpaired) electrons. The summed E-state index contributed by atoms with van der Waals surface area (Å²) in [6.45, 7) is 2.05. The molecule has 6 heteroatoms. The fraction of sp³-hybridized carbons (Fsp3) is 1.00. The van der Waals surface area contributed by atoms with Crippen LogP contribution in [0.3, 0.4) is 0 Å². The van der Waals surface area contributed by atoms with E-state index in [2.05, 4.69) is 6.92 Å². The Kier molecular flexibility index (Phi) is 6.32. The molecule has 1 aliphatic heterocycles. The van der Waals surface area contributed by atoms with Gasteiger partial charge in [-0.25, -0.2) is 0 Å². The first-order valence-corrected chi connectivity index (χ1v) is 6.04. The average molecular weight is 250 g/mol. The third-order valence-electron chi connectivity index (χ3n) is 2.88. The molecule has 0 aliphatic carbocycles. The summed E-state index contributed by atoms with van der Waals surface area (Å²) in [7, 11) is 0. The minimum Gasteiger partial charge on any atom is -0.394 e. The standard InChI is InChI=1S/C11H22O6/c1-2-3-4-5-16-11-10(15)9(14)8(13)7(6-12)17-11/h7-15H,2-6H2,1H3/t7-,8+,9+,10+,11-/m1/s1. The van der Waals surface area contributed by atoms with Crippen molar-refractivity contribution in [3.63, 3.8) is 0 Å². The molecule has 0 unspecified atom stereocenters. The van der Waals surface area contributed by atoms with Crippen LogP contribution in [0, 0.1) is 0 Å². The fourth-order valence-electron chi connectivity index (χ4n) is 1.76. The van der Waals surface area contributed by atoms with E-state index < -0.39 is 37.3 Å². The molecule has 6 nitrogen and oxygen atoms in total. The molecule has 0 amide bonds. The van der Waals surface area contributed by atoms with Crippen molar-refractivity contribution in [3.8, 4) is 0 Å². The van der Waals surface area contributed by atoms with E-state index in [0.717, 1.165) is 19.3 Å². The van der Waals surface area contributed by atoms with Crippen molar-refractivity contribution in [1.82, 2.24) is 0 Å². The van der Waals surface area contributed by atoms with Crippen LogP contribution in [-0.4, -0.2) is 64.3 Å². The van der Waals surface area contributed by atoms with Gasteiger partial charge in [0.1, 0.15) is 24.4 Å². The number of aliphatic hydroxyl groups is 4. The second-order valence-electron chi connectivity index (χ2n) is 4.28. The van der Waals surface area contributed by atoms with Crippen LogP contribution in [0.25, 0.3) is 0 Å². The maximum atomic E-state index is 9.64. The molecule has 0 aromatic heterocycles. The molecular weight excluding hydrogens is 228 g/mol. The van der Waals surface area contributed by atoms with Crippen LogP contribution in [0.5, 0.6) is 0 Å². The number of hydrogen-bond acceptors (Lipinski definition) is 6. The zero-order valence-electron chi connectivity index (χ0n) is 10.0. The van der Waals surface area contributed by atoms with Gasteiger partial charge < -0.3 is 29.9 Å². The first kappa shape index (κ1) is 14.8. The predicted octanol–water partition coefficient (Wildman–Crippen LogP) is -1.01. The molecule has 0 spiro atoms. The summed E-state index contributed by atoms with van der Waals surface area (Å²) < 4.78 is 10.5. The molecule has 1 rings (SSSR count). The van der Waals surface area contributed by atoms with Gasteiger partial charge in [-0.15, -0.1) is 0 Å². The zero-order valence-corrected chi connectivity index (χ0v) is 10.0. The molecule has 1 saturated heterocycles. The van der Waals surface area contributed by atoms with Crippen LogP contribution in [-0.2, 0) is 9.47 Å². The summed E-state index contributed by atoms with van der Waals surface area (Å²) in [6.07, 6.45) is -2.98. The summed E-state index contributed by atoms with van der Waals surface area (Å²) in [5.74, 6) is 0. The van der Waals surface area contributed by atoms with E-state index in [-0.39, 0.29) is 0 Å². The van der Waals surface area contributed by atoms with Crippen LogP contribution in [0.2, 0.25) is 0 Å². The monoisotopic (exact) mass is 250 g/mol. The van der Waals surface area contributed by atoms with Gasteiger partial charge in [-0.2, -0.15) is 0 Å². The Morgan fingerprint density at radius 1 is 1.06 bits per heavy atom. The van der Waals surface area contributed by atoms with Gasteiger partial charge in [0.2, 0.25) is 0 Å². The lowest BCUT2D eigenvalue weighted by molar-refractivity contribution is -0.301. The first-order valence-electron chi connectivity index (χ1n) is 6.04. The van der Waals surface area contributed by atoms with Crippen molar-refractivity contribution in [2.75, 3.05) is 13.2 Å². The number of rotatable bonds is 6. The van der Waals surface area contributed by atoms with Gasteiger partial charge in [0, 0.05) is 6.61 Å². The van der Waals surface area contributed by atoms with Crippen LogP contribution in [0.1, 0.15) is 26.2 Å². The molecule has 0 aromatic rings. The lowest BCUT2D eigenvalue weighted by Gasteiger charge is -2.39. The third kappa shape index (κ3) is 3.87. The highest BCUT2D eigenvalue weighted by Crippen LogP contribution is 2.22. The van der Waals surface area contributed by atoms with E-state index in [0.29, 0.717) is 6.61 Å². The number of ether oxygens (including phenoxy) is 2. The second kappa shape index (κ2) is 7.25. The number of aliphatic hydroxyl groups excluding tert-OH is 4. The summed E-state index contributed by atoms with van der Waals surface area (Å²) >= 11 is 0. The van der Waals surface area contributed by atoms with Crippen LogP contribution in [0.4, 0.5) is 0 Å². The SMILES string of the molecule is CCCCCO[C@@H]1O[C@H](CO)[C@H](O)[C@H](O)[C@@H]1O. The Labute approximate surface area is 101 Å². The Bertz CT molecular complexity index is 210. The Balaban J connectivity index is 2.42. The highest BCUT2D eigenvalue weighted by molar-refractivity contribution is 4.88. The van der Waals surface area contributed by atoms with Gasteiger partial charge in [0.15, 0.2) is 6.29 Å². The van der Waals surface area contributed by atoms with Crippen molar-refractivity contribution >= 4 is 0 Å². The highest BCUT2D eigenvalue weighted by atomic mass is 16.7. The van der Waals surface area contributed by atoms with Crippen molar-refractivity contribution < 1.29 is 29.9 Å². The van der Waals surface area contributed by atoms with Gasteiger partial charge in [0.05, 0.1) is 6.61 Å².